The van der Waals surface area contributed by atoms with Gasteiger partial charge in [-0.1, -0.05) is 23.5 Å². The topological polar surface area (TPSA) is 85.3 Å². The Hall–Kier alpha value is -3.52. The molecule has 1 amide bonds. The molecule has 5 rings (SSSR count). The van der Waals surface area contributed by atoms with E-state index in [0.717, 1.165) is 11.3 Å². The zero-order valence-corrected chi connectivity index (χ0v) is 14.3. The molecule has 0 fully saturated rings. The van der Waals surface area contributed by atoms with Crippen molar-refractivity contribution in [2.75, 3.05) is 5.32 Å². The summed E-state index contributed by atoms with van der Waals surface area (Å²) in [5, 5.41) is 3.49. The van der Waals surface area contributed by atoms with Gasteiger partial charge in [-0.3, -0.25) is 14.9 Å². The number of hydrogen-bond donors (Lipinski definition) is 1. The van der Waals surface area contributed by atoms with Crippen molar-refractivity contribution in [1.29, 1.82) is 0 Å². The average molecular weight is 380 g/mol. The third-order valence-electron chi connectivity index (χ3n) is 4.07. The van der Waals surface area contributed by atoms with Gasteiger partial charge in [-0.05, 0) is 30.3 Å². The van der Waals surface area contributed by atoms with Gasteiger partial charge in [0.25, 0.3) is 5.91 Å². The minimum absolute atomic E-state index is 0.0183. The number of aromatic nitrogens is 1. The van der Waals surface area contributed by atoms with Crippen LogP contribution < -0.4 is 10.7 Å². The summed E-state index contributed by atoms with van der Waals surface area (Å²) in [5.41, 5.74) is 0.680. The highest BCUT2D eigenvalue weighted by atomic mass is 32.1. The first-order valence-corrected chi connectivity index (χ1v) is 8.73. The summed E-state index contributed by atoms with van der Waals surface area (Å²) in [6, 6.07) is 12.3. The van der Waals surface area contributed by atoms with E-state index in [2.05, 4.69) is 10.3 Å². The second kappa shape index (κ2) is 5.75. The van der Waals surface area contributed by atoms with E-state index in [0.29, 0.717) is 26.3 Å². The van der Waals surface area contributed by atoms with Crippen LogP contribution in [0.25, 0.3) is 32.4 Å². The smallest absolute Gasteiger partial charge is 0.302 e. The molecule has 0 unspecified atom stereocenters. The van der Waals surface area contributed by atoms with E-state index in [4.69, 9.17) is 8.83 Å². The number of nitrogens with one attached hydrogen (secondary N) is 1. The van der Waals surface area contributed by atoms with E-state index in [-0.39, 0.29) is 28.2 Å². The highest BCUT2D eigenvalue weighted by Gasteiger charge is 2.19. The number of hydrogen-bond acceptors (Lipinski definition) is 6. The van der Waals surface area contributed by atoms with Gasteiger partial charge in [-0.15, -0.1) is 0 Å². The molecule has 0 bridgehead atoms. The number of amides is 1. The number of fused-ring (bicyclic) bond motifs is 3. The monoisotopic (exact) mass is 380 g/mol. The quantitative estimate of drug-likeness (QED) is 0.486. The molecule has 1 N–H and O–H groups in total. The second-order valence-corrected chi connectivity index (χ2v) is 6.85. The Morgan fingerprint density at radius 2 is 1.93 bits per heavy atom. The molecular formula is C19H9FN2O4S. The number of carbonyl (C=O) groups is 1. The number of halogens is 1. The van der Waals surface area contributed by atoms with Gasteiger partial charge < -0.3 is 8.83 Å². The first kappa shape index (κ1) is 15.7. The Kier molecular flexibility index (Phi) is 3.34. The van der Waals surface area contributed by atoms with Crippen molar-refractivity contribution in [3.05, 3.63) is 70.3 Å². The number of rotatable bonds is 2. The molecule has 6 nitrogen and oxygen atoms in total. The van der Waals surface area contributed by atoms with Crippen LogP contribution in [0.3, 0.4) is 0 Å². The molecule has 0 saturated heterocycles. The van der Waals surface area contributed by atoms with Crippen molar-refractivity contribution in [2.24, 2.45) is 0 Å². The lowest BCUT2D eigenvalue weighted by Crippen LogP contribution is -2.10. The SMILES string of the molecule is O=C(Nc1nc2ccc(F)cc2s1)c1cc2c(=O)c3ccccc3oc2o1. The number of para-hydroxylation sites is 1. The van der Waals surface area contributed by atoms with Gasteiger partial charge in [0.05, 0.1) is 15.6 Å². The van der Waals surface area contributed by atoms with Gasteiger partial charge in [0.1, 0.15) is 16.8 Å². The van der Waals surface area contributed by atoms with Crippen molar-refractivity contribution in [3.8, 4) is 0 Å². The predicted octanol–water partition coefficient (Wildman–Crippen LogP) is 4.54. The minimum atomic E-state index is -0.579. The summed E-state index contributed by atoms with van der Waals surface area (Å²) in [5.74, 6) is -1.05. The zero-order valence-electron chi connectivity index (χ0n) is 13.5. The van der Waals surface area contributed by atoms with Gasteiger partial charge in [0, 0.05) is 6.07 Å². The Morgan fingerprint density at radius 3 is 2.81 bits per heavy atom. The maximum absolute atomic E-state index is 13.3. The first-order valence-electron chi connectivity index (χ1n) is 7.91. The third-order valence-corrected chi connectivity index (χ3v) is 5.01. The zero-order chi connectivity index (χ0) is 18.5. The normalized spacial score (nSPS) is 11.4. The molecule has 132 valence electrons. The van der Waals surface area contributed by atoms with Crippen LogP contribution in [0.2, 0.25) is 0 Å². The fourth-order valence-corrected chi connectivity index (χ4v) is 3.70. The van der Waals surface area contributed by atoms with Crippen LogP contribution in [0.1, 0.15) is 10.6 Å². The number of carbonyl (C=O) groups excluding carboxylic acids is 1. The molecule has 3 heterocycles. The molecule has 8 heteroatoms. The summed E-state index contributed by atoms with van der Waals surface area (Å²) < 4.78 is 24.9. The molecule has 27 heavy (non-hydrogen) atoms. The fourth-order valence-electron chi connectivity index (χ4n) is 2.82. The molecule has 2 aromatic carbocycles. The molecule has 0 aliphatic heterocycles. The van der Waals surface area contributed by atoms with E-state index < -0.39 is 5.91 Å². The Balaban J connectivity index is 1.54. The van der Waals surface area contributed by atoms with E-state index in [1.165, 1.54) is 24.3 Å². The summed E-state index contributed by atoms with van der Waals surface area (Å²) in [4.78, 5) is 29.2. The summed E-state index contributed by atoms with van der Waals surface area (Å²) >= 11 is 1.14. The summed E-state index contributed by atoms with van der Waals surface area (Å²) in [6.07, 6.45) is 0. The number of furan rings is 1. The molecular weight excluding hydrogens is 371 g/mol. The van der Waals surface area contributed by atoms with E-state index in [1.807, 2.05) is 0 Å². The standard InChI is InChI=1S/C19H9FN2O4S/c20-9-5-6-12-15(7-9)27-19(21-12)22-17(24)14-8-11-16(23)10-3-1-2-4-13(10)25-18(11)26-14/h1-8H,(H,21,22,24). The number of benzene rings is 2. The van der Waals surface area contributed by atoms with Crippen LogP contribution in [0.15, 0.2) is 62.2 Å². The van der Waals surface area contributed by atoms with Crippen molar-refractivity contribution >= 4 is 54.7 Å². The van der Waals surface area contributed by atoms with E-state index >= 15 is 0 Å². The lowest BCUT2D eigenvalue weighted by atomic mass is 10.2. The van der Waals surface area contributed by atoms with Gasteiger partial charge >= 0.3 is 5.78 Å². The molecule has 0 radical (unpaired) electrons. The number of anilines is 1. The fraction of sp³-hybridized carbons (Fsp3) is 0. The van der Waals surface area contributed by atoms with Crippen LogP contribution in [0.5, 0.6) is 0 Å². The van der Waals surface area contributed by atoms with E-state index in [1.54, 1.807) is 24.3 Å². The van der Waals surface area contributed by atoms with Crippen molar-refractivity contribution in [3.63, 3.8) is 0 Å². The van der Waals surface area contributed by atoms with Crippen LogP contribution in [0.4, 0.5) is 9.52 Å². The third kappa shape index (κ3) is 2.58. The molecule has 0 atom stereocenters. The highest BCUT2D eigenvalue weighted by Crippen LogP contribution is 2.27. The Bertz CT molecular complexity index is 1420. The largest absolute Gasteiger partial charge is 0.425 e. The number of nitrogens with zero attached hydrogens (tertiary/aromatic N) is 1. The van der Waals surface area contributed by atoms with Crippen LogP contribution in [-0.2, 0) is 0 Å². The molecule has 0 aliphatic carbocycles. The Morgan fingerprint density at radius 1 is 1.07 bits per heavy atom. The predicted molar refractivity (Wildman–Crippen MR) is 99.8 cm³/mol. The van der Waals surface area contributed by atoms with Gasteiger partial charge in [0.2, 0.25) is 5.43 Å². The van der Waals surface area contributed by atoms with Gasteiger partial charge in [0.15, 0.2) is 10.9 Å². The minimum Gasteiger partial charge on any atom is -0.425 e. The van der Waals surface area contributed by atoms with Crippen molar-refractivity contribution < 1.29 is 18.0 Å². The van der Waals surface area contributed by atoms with Gasteiger partial charge in [-0.2, -0.15) is 0 Å². The Labute approximate surface area is 153 Å². The summed E-state index contributed by atoms with van der Waals surface area (Å²) in [6.45, 7) is 0. The lowest BCUT2D eigenvalue weighted by Gasteiger charge is -1.96. The lowest BCUT2D eigenvalue weighted by molar-refractivity contribution is 0.0997. The van der Waals surface area contributed by atoms with Crippen molar-refractivity contribution in [1.82, 2.24) is 4.98 Å². The maximum Gasteiger partial charge on any atom is 0.302 e. The highest BCUT2D eigenvalue weighted by molar-refractivity contribution is 7.22. The molecule has 0 spiro atoms. The van der Waals surface area contributed by atoms with Crippen LogP contribution in [0, 0.1) is 5.82 Å². The molecule has 0 aliphatic rings. The van der Waals surface area contributed by atoms with Crippen molar-refractivity contribution in [2.45, 2.75) is 0 Å². The average Bonchev–Trinajstić information content (AvgIpc) is 3.25. The first-order chi connectivity index (χ1) is 13.1. The molecule has 0 saturated carbocycles. The molecule has 5 aromatic rings. The van der Waals surface area contributed by atoms with Crippen LogP contribution in [-0.4, -0.2) is 10.9 Å². The van der Waals surface area contributed by atoms with Crippen LogP contribution >= 0.6 is 11.3 Å². The van der Waals surface area contributed by atoms with E-state index in [9.17, 15) is 14.0 Å². The molecule has 3 aromatic heterocycles. The van der Waals surface area contributed by atoms with Gasteiger partial charge in [-0.25, -0.2) is 9.37 Å². The summed E-state index contributed by atoms with van der Waals surface area (Å²) in [7, 11) is 0. The maximum atomic E-state index is 13.3. The number of thiazole rings is 1. The second-order valence-electron chi connectivity index (χ2n) is 5.82.